The minimum absolute atomic E-state index is 0.300. The molecule has 0 saturated carbocycles. The van der Waals surface area contributed by atoms with Gasteiger partial charge in [0, 0.05) is 0 Å². The van der Waals surface area contributed by atoms with Crippen LogP contribution >= 0.6 is 7.82 Å². The van der Waals surface area contributed by atoms with Gasteiger partial charge in [-0.2, -0.15) is 0 Å². The molecule has 0 aliphatic carbocycles. The molecule has 2 aromatic rings. The number of phosphoric ester groups is 1. The van der Waals surface area contributed by atoms with E-state index < -0.39 is 7.82 Å². The Kier molecular flexibility index (Phi) is 8.73. The summed E-state index contributed by atoms with van der Waals surface area (Å²) < 4.78 is 22.2. The molecule has 1 unspecified atom stereocenters. The molecule has 1 atom stereocenters. The maximum Gasteiger partial charge on any atom is 0.584 e. The largest absolute Gasteiger partial charge is 0.584 e. The number of rotatable bonds is 12. The fourth-order valence-electron chi connectivity index (χ4n) is 2.77. The first-order valence-electron chi connectivity index (χ1n) is 9.45. The second-order valence-electron chi connectivity index (χ2n) is 6.48. The molecule has 0 fully saturated rings. The van der Waals surface area contributed by atoms with Crippen LogP contribution in [-0.4, -0.2) is 4.89 Å². The highest BCUT2D eigenvalue weighted by molar-refractivity contribution is 7.48. The molecular weight excluding hydrogens is 347 g/mol. The number of unbranched alkanes of at least 4 members (excludes halogenated alkanes) is 6. The van der Waals surface area contributed by atoms with Crippen LogP contribution in [0.5, 0.6) is 11.5 Å². The summed E-state index contributed by atoms with van der Waals surface area (Å²) in [5.74, 6) is 0.629. The minimum atomic E-state index is -4.19. The van der Waals surface area contributed by atoms with Gasteiger partial charge in [0.1, 0.15) is 11.5 Å². The molecular formula is C21H29O4P. The van der Waals surface area contributed by atoms with Crippen LogP contribution in [0.1, 0.15) is 57.4 Å². The fraction of sp³-hybridized carbons (Fsp3) is 0.429. The molecule has 0 aromatic heterocycles. The van der Waals surface area contributed by atoms with Crippen molar-refractivity contribution in [3.63, 3.8) is 0 Å². The summed E-state index contributed by atoms with van der Waals surface area (Å²) in [5.41, 5.74) is 1.21. The van der Waals surface area contributed by atoms with Crippen LogP contribution in [-0.2, 0) is 11.0 Å². The molecule has 26 heavy (non-hydrogen) atoms. The van der Waals surface area contributed by atoms with Crippen LogP contribution in [0.25, 0.3) is 0 Å². The molecule has 0 spiro atoms. The highest BCUT2D eigenvalue weighted by Gasteiger charge is 2.24. The predicted molar refractivity (Wildman–Crippen MR) is 106 cm³/mol. The summed E-state index contributed by atoms with van der Waals surface area (Å²) in [6, 6.07) is 15.8. The number of benzene rings is 2. The molecule has 2 aromatic carbocycles. The monoisotopic (exact) mass is 376 g/mol. The maximum atomic E-state index is 12.1. The summed E-state index contributed by atoms with van der Waals surface area (Å²) in [6.45, 7) is 2.23. The lowest BCUT2D eigenvalue weighted by Gasteiger charge is -2.14. The Balaban J connectivity index is 1.73. The van der Waals surface area contributed by atoms with Crippen molar-refractivity contribution in [2.75, 3.05) is 0 Å². The Morgan fingerprint density at radius 2 is 1.31 bits per heavy atom. The average molecular weight is 376 g/mol. The van der Waals surface area contributed by atoms with Gasteiger partial charge in [-0.25, -0.2) is 4.57 Å². The Morgan fingerprint density at radius 3 is 1.92 bits per heavy atom. The SMILES string of the molecule is CCCCCCCCCc1ccc(OP(=O)(O)Oc2ccccc2)cc1. The van der Waals surface area contributed by atoms with Gasteiger partial charge in [-0.15, -0.1) is 0 Å². The smallest absolute Gasteiger partial charge is 0.395 e. The Morgan fingerprint density at radius 1 is 0.769 bits per heavy atom. The van der Waals surface area contributed by atoms with Gasteiger partial charge in [-0.05, 0) is 42.7 Å². The number of hydrogen-bond donors (Lipinski definition) is 1. The van der Waals surface area contributed by atoms with Gasteiger partial charge in [0.2, 0.25) is 0 Å². The van der Waals surface area contributed by atoms with Crippen molar-refractivity contribution in [2.24, 2.45) is 0 Å². The lowest BCUT2D eigenvalue weighted by molar-refractivity contribution is 0.291. The van der Waals surface area contributed by atoms with Gasteiger partial charge in [-0.3, -0.25) is 4.89 Å². The molecule has 1 N–H and O–H groups in total. The molecule has 0 bridgehead atoms. The van der Waals surface area contributed by atoms with Crippen LogP contribution in [0, 0.1) is 0 Å². The zero-order chi connectivity index (χ0) is 18.7. The molecule has 2 rings (SSSR count). The van der Waals surface area contributed by atoms with E-state index in [2.05, 4.69) is 6.92 Å². The van der Waals surface area contributed by atoms with Crippen molar-refractivity contribution >= 4 is 7.82 Å². The zero-order valence-corrected chi connectivity index (χ0v) is 16.4. The van der Waals surface area contributed by atoms with Crippen molar-refractivity contribution < 1.29 is 18.5 Å². The van der Waals surface area contributed by atoms with E-state index in [9.17, 15) is 9.46 Å². The van der Waals surface area contributed by atoms with E-state index in [1.165, 1.54) is 50.5 Å². The molecule has 4 nitrogen and oxygen atoms in total. The lowest BCUT2D eigenvalue weighted by Crippen LogP contribution is -1.99. The number of hydrogen-bond acceptors (Lipinski definition) is 3. The number of aryl methyl sites for hydroxylation is 1. The van der Waals surface area contributed by atoms with E-state index in [4.69, 9.17) is 9.05 Å². The van der Waals surface area contributed by atoms with Crippen LogP contribution in [0.2, 0.25) is 0 Å². The van der Waals surface area contributed by atoms with E-state index >= 15 is 0 Å². The minimum Gasteiger partial charge on any atom is -0.395 e. The third-order valence-electron chi connectivity index (χ3n) is 4.18. The second-order valence-corrected chi connectivity index (χ2v) is 7.78. The number of para-hydroxylation sites is 1. The van der Waals surface area contributed by atoms with Crippen molar-refractivity contribution in [3.8, 4) is 11.5 Å². The Hall–Kier alpha value is -1.77. The summed E-state index contributed by atoms with van der Waals surface area (Å²) in [5, 5.41) is 0. The molecule has 142 valence electrons. The van der Waals surface area contributed by atoms with Crippen molar-refractivity contribution in [2.45, 2.75) is 58.3 Å². The normalized spacial score (nSPS) is 13.2. The molecule has 0 amide bonds. The predicted octanol–water partition coefficient (Wildman–Crippen LogP) is 6.54. The topological polar surface area (TPSA) is 55.8 Å². The van der Waals surface area contributed by atoms with Crippen LogP contribution in [0.3, 0.4) is 0 Å². The summed E-state index contributed by atoms with van der Waals surface area (Å²) in [6.07, 6.45) is 10.0. The Bertz CT molecular complexity index is 670. The summed E-state index contributed by atoms with van der Waals surface area (Å²) >= 11 is 0. The lowest BCUT2D eigenvalue weighted by atomic mass is 10.0. The Labute approximate surface area is 156 Å². The average Bonchev–Trinajstić information content (AvgIpc) is 2.62. The van der Waals surface area contributed by atoms with E-state index in [1.807, 2.05) is 12.1 Å². The summed E-state index contributed by atoms with van der Waals surface area (Å²) in [4.78, 5) is 9.86. The van der Waals surface area contributed by atoms with Gasteiger partial charge < -0.3 is 9.05 Å². The highest BCUT2D eigenvalue weighted by atomic mass is 31.2. The van der Waals surface area contributed by atoms with Gasteiger partial charge >= 0.3 is 7.82 Å². The van der Waals surface area contributed by atoms with E-state index in [0.717, 1.165) is 6.42 Å². The van der Waals surface area contributed by atoms with Crippen molar-refractivity contribution in [1.82, 2.24) is 0 Å². The van der Waals surface area contributed by atoms with Crippen molar-refractivity contribution in [1.29, 1.82) is 0 Å². The fourth-order valence-corrected chi connectivity index (χ4v) is 3.58. The van der Waals surface area contributed by atoms with Gasteiger partial charge in [0.25, 0.3) is 0 Å². The van der Waals surface area contributed by atoms with Crippen LogP contribution in [0.4, 0.5) is 0 Å². The molecule has 0 aliphatic rings. The summed E-state index contributed by atoms with van der Waals surface area (Å²) in [7, 11) is -4.19. The zero-order valence-electron chi connectivity index (χ0n) is 15.5. The first-order chi connectivity index (χ1) is 12.6. The molecule has 0 aliphatic heterocycles. The van der Waals surface area contributed by atoms with E-state index in [-0.39, 0.29) is 0 Å². The van der Waals surface area contributed by atoms with E-state index in [0.29, 0.717) is 11.5 Å². The van der Waals surface area contributed by atoms with Crippen LogP contribution < -0.4 is 9.05 Å². The van der Waals surface area contributed by atoms with Gasteiger partial charge in [0.05, 0.1) is 0 Å². The van der Waals surface area contributed by atoms with Crippen LogP contribution in [0.15, 0.2) is 54.6 Å². The molecule has 0 heterocycles. The quantitative estimate of drug-likeness (QED) is 0.338. The maximum absolute atomic E-state index is 12.1. The van der Waals surface area contributed by atoms with Gasteiger partial charge in [0.15, 0.2) is 0 Å². The third-order valence-corrected chi connectivity index (χ3v) is 5.06. The van der Waals surface area contributed by atoms with Crippen molar-refractivity contribution in [3.05, 3.63) is 60.2 Å². The second kappa shape index (κ2) is 11.1. The number of phosphoric acid groups is 1. The van der Waals surface area contributed by atoms with E-state index in [1.54, 1.807) is 42.5 Å². The highest BCUT2D eigenvalue weighted by Crippen LogP contribution is 2.44. The molecule has 5 heteroatoms. The molecule has 0 saturated heterocycles. The molecule has 0 radical (unpaired) electrons. The first kappa shape index (κ1) is 20.5. The third kappa shape index (κ3) is 8.07. The first-order valence-corrected chi connectivity index (χ1v) is 10.9. The van der Waals surface area contributed by atoms with Gasteiger partial charge in [-0.1, -0.05) is 75.8 Å². The standard InChI is InChI=1S/C21H29O4P/c1-2-3-4-5-6-7-9-12-19-15-17-21(18-16-19)25-26(22,23)24-20-13-10-8-11-14-20/h8,10-11,13-18H,2-7,9,12H2,1H3,(H,22,23).